The number of rotatable bonds is 5. The fraction of sp³-hybridized carbons (Fsp3) is 0.455. The number of ether oxygens (including phenoxy) is 1. The Morgan fingerprint density at radius 2 is 2.14 bits per heavy atom. The second kappa shape index (κ2) is 6.65. The van der Waals surface area contributed by atoms with Gasteiger partial charge in [-0.1, -0.05) is 12.2 Å². The van der Waals surface area contributed by atoms with E-state index in [1.807, 2.05) is 0 Å². The predicted molar refractivity (Wildman–Crippen MR) is 76.4 cm³/mol. The van der Waals surface area contributed by atoms with E-state index in [0.29, 0.717) is 5.56 Å². The fourth-order valence-electron chi connectivity index (χ4n) is 2.08. The molecule has 4 atom stereocenters. The maximum absolute atomic E-state index is 10.7. The molecule has 11 heteroatoms. The zero-order valence-electron chi connectivity index (χ0n) is 11.2. The zero-order chi connectivity index (χ0) is 16.5. The lowest BCUT2D eigenvalue weighted by atomic mass is 10.1. The summed E-state index contributed by atoms with van der Waals surface area (Å²) in [5.74, 6) is 0. The van der Waals surface area contributed by atoms with Crippen LogP contribution in [0.2, 0.25) is 0 Å². The molecule has 1 fully saturated rings. The van der Waals surface area contributed by atoms with Crippen LogP contribution >= 0.6 is 20.0 Å². The van der Waals surface area contributed by atoms with Gasteiger partial charge < -0.3 is 30.5 Å². The first-order chi connectivity index (χ1) is 10.2. The number of hydrogen-bond donors (Lipinski definition) is 5. The van der Waals surface area contributed by atoms with Gasteiger partial charge in [-0.3, -0.25) is 4.52 Å². The van der Waals surface area contributed by atoms with Gasteiger partial charge in [-0.15, -0.1) is 0 Å². The summed E-state index contributed by atoms with van der Waals surface area (Å²) in [6.07, 6.45) is -1.61. The number of hydrogen-bond acceptors (Lipinski definition) is 6. The number of aromatic nitrogens is 1. The number of thiocarbonyl (C=S) groups is 1. The van der Waals surface area contributed by atoms with E-state index in [-0.39, 0.29) is 4.99 Å². The van der Waals surface area contributed by atoms with Crippen LogP contribution in [0.1, 0.15) is 11.8 Å². The van der Waals surface area contributed by atoms with Crippen LogP contribution in [0.5, 0.6) is 0 Å². The second-order valence-corrected chi connectivity index (χ2v) is 6.42. The molecule has 0 radical (unpaired) electrons. The summed E-state index contributed by atoms with van der Waals surface area (Å²) in [7, 11) is -4.69. The Morgan fingerprint density at radius 3 is 2.73 bits per heavy atom. The molecule has 1 aromatic heterocycles. The van der Waals surface area contributed by atoms with Gasteiger partial charge in [0.25, 0.3) is 6.23 Å². The van der Waals surface area contributed by atoms with E-state index in [9.17, 15) is 14.8 Å². The van der Waals surface area contributed by atoms with E-state index in [0.717, 1.165) is 0 Å². The molecule has 9 nitrogen and oxygen atoms in total. The Balaban J connectivity index is 2.14. The number of nitrogens with two attached hydrogens (primary N) is 1. The smallest absolute Gasteiger partial charge is 0.389 e. The summed E-state index contributed by atoms with van der Waals surface area (Å²) in [4.78, 5) is 17.5. The number of aliphatic hydroxyl groups is 2. The molecule has 1 unspecified atom stereocenters. The van der Waals surface area contributed by atoms with Crippen LogP contribution in [0.15, 0.2) is 24.5 Å². The Bertz CT molecular complexity index is 610. The van der Waals surface area contributed by atoms with Crippen molar-refractivity contribution in [3.63, 3.8) is 0 Å². The van der Waals surface area contributed by atoms with Crippen LogP contribution in [0, 0.1) is 0 Å². The lowest BCUT2D eigenvalue weighted by molar-refractivity contribution is -0.765. The zero-order valence-corrected chi connectivity index (χ0v) is 12.9. The van der Waals surface area contributed by atoms with Gasteiger partial charge in [0.1, 0.15) is 17.2 Å². The van der Waals surface area contributed by atoms with Gasteiger partial charge in [-0.25, -0.2) is 4.57 Å². The maximum atomic E-state index is 10.7. The van der Waals surface area contributed by atoms with Crippen LogP contribution in [0.3, 0.4) is 0 Å². The van der Waals surface area contributed by atoms with Crippen LogP contribution < -0.4 is 10.3 Å². The van der Waals surface area contributed by atoms with Gasteiger partial charge in [0.05, 0.1) is 12.2 Å². The minimum absolute atomic E-state index is 0.156. The summed E-state index contributed by atoms with van der Waals surface area (Å²) >= 11 is 4.86. The van der Waals surface area contributed by atoms with Gasteiger partial charge in [0.15, 0.2) is 18.5 Å². The topological polar surface area (TPSA) is 146 Å². The third kappa shape index (κ3) is 4.06. The van der Waals surface area contributed by atoms with Crippen molar-refractivity contribution in [3.8, 4) is 0 Å². The predicted octanol–water partition coefficient (Wildman–Crippen LogP) is -1.66. The quantitative estimate of drug-likeness (QED) is 0.239. The highest BCUT2D eigenvalue weighted by Crippen LogP contribution is 2.37. The SMILES string of the molecule is NC(=S)c1ccc[n+](C2O[C@H](COP(=O)(O)O)[C@@H](O)[C@H]2O)c1. The van der Waals surface area contributed by atoms with Crippen molar-refractivity contribution < 1.29 is 38.4 Å². The van der Waals surface area contributed by atoms with Crippen LogP contribution in [0.4, 0.5) is 0 Å². The lowest BCUT2D eigenvalue weighted by Gasteiger charge is -2.13. The molecule has 1 aromatic rings. The lowest BCUT2D eigenvalue weighted by Crippen LogP contribution is -2.46. The van der Waals surface area contributed by atoms with E-state index in [4.69, 9.17) is 32.5 Å². The summed E-state index contributed by atoms with van der Waals surface area (Å²) in [6, 6.07) is 3.31. The van der Waals surface area contributed by atoms with E-state index >= 15 is 0 Å². The van der Waals surface area contributed by atoms with Gasteiger partial charge in [-0.05, 0) is 6.07 Å². The Labute approximate surface area is 131 Å². The Morgan fingerprint density at radius 1 is 1.45 bits per heavy atom. The number of pyridine rings is 1. The van der Waals surface area contributed by atoms with Crippen LogP contribution in [0.25, 0.3) is 0 Å². The minimum Gasteiger partial charge on any atom is -0.389 e. The monoisotopic (exact) mass is 351 g/mol. The number of phosphoric ester groups is 1. The van der Waals surface area contributed by atoms with Crippen molar-refractivity contribution in [2.45, 2.75) is 24.5 Å². The molecule has 0 saturated carbocycles. The summed E-state index contributed by atoms with van der Waals surface area (Å²) in [5, 5.41) is 19.9. The molecule has 1 aliphatic heterocycles. The standard InChI is InChI=1S/C11H15N2O7PS/c12-10(22)6-2-1-3-13(4-6)11-9(15)8(14)7(20-11)5-19-21(16,17)18/h1-4,7-9,11,14-15H,5H2,(H3-,12,16,17,18,22)/p+1/t7-,8-,9-,11?/m1/s1. The molecule has 2 heterocycles. The van der Waals surface area contributed by atoms with Crippen LogP contribution in [-0.4, -0.2) is 49.9 Å². The molecule has 0 spiro atoms. The third-order valence-electron chi connectivity index (χ3n) is 3.14. The molecular weight excluding hydrogens is 335 g/mol. The Kier molecular flexibility index (Phi) is 5.25. The molecule has 1 saturated heterocycles. The van der Waals surface area contributed by atoms with Gasteiger partial charge >= 0.3 is 7.82 Å². The molecule has 0 aromatic carbocycles. The highest BCUT2D eigenvalue weighted by atomic mass is 32.1. The summed E-state index contributed by atoms with van der Waals surface area (Å²) in [5.41, 5.74) is 6.06. The largest absolute Gasteiger partial charge is 0.469 e. The normalized spacial score (nSPS) is 28.7. The van der Waals surface area contributed by atoms with Crippen LogP contribution in [-0.2, 0) is 13.8 Å². The molecule has 0 aliphatic carbocycles. The van der Waals surface area contributed by atoms with E-state index in [1.54, 1.807) is 18.3 Å². The summed E-state index contributed by atoms with van der Waals surface area (Å²) < 4.78 is 21.9. The van der Waals surface area contributed by atoms with E-state index in [1.165, 1.54) is 10.8 Å². The Hall–Kier alpha value is -0.970. The second-order valence-electron chi connectivity index (χ2n) is 4.74. The minimum atomic E-state index is -4.69. The van der Waals surface area contributed by atoms with Crippen molar-refractivity contribution in [2.75, 3.05) is 6.61 Å². The first-order valence-corrected chi connectivity index (χ1v) is 8.15. The average molecular weight is 351 g/mol. The molecule has 1 aliphatic rings. The third-order valence-corrected chi connectivity index (χ3v) is 3.87. The van der Waals surface area contributed by atoms with Crippen molar-refractivity contribution in [3.05, 3.63) is 30.1 Å². The fourth-order valence-corrected chi connectivity index (χ4v) is 2.54. The molecular formula is C11H16N2O7PS+. The van der Waals surface area contributed by atoms with Crippen molar-refractivity contribution >= 4 is 25.0 Å². The molecule has 122 valence electrons. The van der Waals surface area contributed by atoms with Crippen molar-refractivity contribution in [1.29, 1.82) is 0 Å². The van der Waals surface area contributed by atoms with Crippen molar-refractivity contribution in [1.82, 2.24) is 0 Å². The molecule has 0 bridgehead atoms. The number of nitrogens with zero attached hydrogens (tertiary/aromatic N) is 1. The van der Waals surface area contributed by atoms with Gasteiger partial charge in [0.2, 0.25) is 0 Å². The highest BCUT2D eigenvalue weighted by molar-refractivity contribution is 7.80. The molecule has 0 amide bonds. The molecule has 22 heavy (non-hydrogen) atoms. The maximum Gasteiger partial charge on any atom is 0.469 e. The molecule has 2 rings (SSSR count). The first-order valence-electron chi connectivity index (χ1n) is 6.21. The summed E-state index contributed by atoms with van der Waals surface area (Å²) in [6.45, 7) is -0.561. The van der Waals surface area contributed by atoms with E-state index < -0.39 is 39.0 Å². The van der Waals surface area contributed by atoms with Crippen molar-refractivity contribution in [2.24, 2.45) is 5.73 Å². The number of phosphoric acid groups is 1. The number of aliphatic hydroxyl groups excluding tert-OH is 2. The highest BCUT2D eigenvalue weighted by Gasteiger charge is 2.48. The van der Waals surface area contributed by atoms with Gasteiger partial charge in [-0.2, -0.15) is 4.57 Å². The molecule has 6 N–H and O–H groups in total. The van der Waals surface area contributed by atoms with Gasteiger partial charge in [0, 0.05) is 6.07 Å². The first kappa shape index (κ1) is 17.4. The average Bonchev–Trinajstić information content (AvgIpc) is 2.72. The van der Waals surface area contributed by atoms with E-state index in [2.05, 4.69) is 4.52 Å².